The van der Waals surface area contributed by atoms with Gasteiger partial charge in [0.1, 0.15) is 0 Å². The van der Waals surface area contributed by atoms with Crippen LogP contribution in [0.2, 0.25) is 0 Å². The summed E-state index contributed by atoms with van der Waals surface area (Å²) in [6, 6.07) is 11.0. The highest BCUT2D eigenvalue weighted by atomic mass is 15.6. The molecule has 0 radical (unpaired) electrons. The van der Waals surface area contributed by atoms with Crippen LogP contribution >= 0.6 is 0 Å². The number of benzene rings is 1. The Morgan fingerprint density at radius 3 is 2.21 bits per heavy atom. The fourth-order valence-electron chi connectivity index (χ4n) is 3.29. The molecule has 3 rings (SSSR count). The second-order valence-corrected chi connectivity index (χ2v) is 5.79. The monoisotopic (exact) mass is 259 g/mol. The minimum Gasteiger partial charge on any atom is -0.314 e. The Morgan fingerprint density at radius 2 is 1.53 bits per heavy atom. The van der Waals surface area contributed by atoms with Gasteiger partial charge in [-0.15, -0.1) is 0 Å². The van der Waals surface area contributed by atoms with E-state index >= 15 is 0 Å². The first-order chi connectivity index (χ1) is 9.42. The summed E-state index contributed by atoms with van der Waals surface area (Å²) in [5.41, 5.74) is 1.50. The van der Waals surface area contributed by atoms with E-state index in [0.29, 0.717) is 0 Å². The van der Waals surface area contributed by atoms with Gasteiger partial charge in [0.15, 0.2) is 0 Å². The molecule has 2 saturated heterocycles. The van der Waals surface area contributed by atoms with E-state index in [4.69, 9.17) is 0 Å². The van der Waals surface area contributed by atoms with Crippen molar-refractivity contribution in [2.24, 2.45) is 5.92 Å². The van der Waals surface area contributed by atoms with Gasteiger partial charge in [-0.25, -0.2) is 10.0 Å². The molecule has 0 spiro atoms. The number of piperidine rings is 1. The first-order valence-electron chi connectivity index (χ1n) is 7.66. The van der Waals surface area contributed by atoms with E-state index in [9.17, 15) is 0 Å². The molecule has 104 valence electrons. The highest BCUT2D eigenvalue weighted by Gasteiger charge is 2.24. The molecular formula is C16H25N3. The van der Waals surface area contributed by atoms with Gasteiger partial charge >= 0.3 is 0 Å². The van der Waals surface area contributed by atoms with Gasteiger partial charge in [0, 0.05) is 39.3 Å². The average Bonchev–Trinajstić information content (AvgIpc) is 2.50. The zero-order valence-electron chi connectivity index (χ0n) is 11.7. The predicted octanol–water partition coefficient (Wildman–Crippen LogP) is 1.76. The molecule has 1 N–H and O–H groups in total. The number of nitrogens with zero attached hydrogens (tertiary/aromatic N) is 2. The van der Waals surface area contributed by atoms with Crippen molar-refractivity contribution in [3.8, 4) is 0 Å². The highest BCUT2D eigenvalue weighted by Crippen LogP contribution is 2.22. The van der Waals surface area contributed by atoms with Crippen LogP contribution in [0.4, 0.5) is 0 Å². The number of nitrogens with one attached hydrogen (secondary N) is 1. The quantitative estimate of drug-likeness (QED) is 0.892. The standard InChI is InChI=1S/C16H25N3/c1-2-4-15(5-3-1)14-16-6-10-18(11-7-16)19-12-8-17-9-13-19/h1-5,16-17H,6-14H2. The van der Waals surface area contributed by atoms with E-state index in [0.717, 1.165) is 19.0 Å². The van der Waals surface area contributed by atoms with Crippen LogP contribution in [-0.4, -0.2) is 49.3 Å². The number of hydrogen-bond donors (Lipinski definition) is 1. The van der Waals surface area contributed by atoms with Crippen molar-refractivity contribution in [1.29, 1.82) is 0 Å². The molecule has 3 heteroatoms. The minimum atomic E-state index is 0.876. The minimum absolute atomic E-state index is 0.876. The zero-order chi connectivity index (χ0) is 12.9. The second kappa shape index (κ2) is 6.51. The molecule has 19 heavy (non-hydrogen) atoms. The molecule has 0 amide bonds. The molecular weight excluding hydrogens is 234 g/mol. The fourth-order valence-corrected chi connectivity index (χ4v) is 3.29. The molecule has 2 fully saturated rings. The largest absolute Gasteiger partial charge is 0.314 e. The number of hydrogen-bond acceptors (Lipinski definition) is 3. The van der Waals surface area contributed by atoms with Crippen LogP contribution in [0.25, 0.3) is 0 Å². The molecule has 1 aromatic rings. The van der Waals surface area contributed by atoms with E-state index in [-0.39, 0.29) is 0 Å². The van der Waals surface area contributed by atoms with E-state index in [1.54, 1.807) is 0 Å². The first-order valence-corrected chi connectivity index (χ1v) is 7.66. The van der Waals surface area contributed by atoms with Crippen molar-refractivity contribution in [3.05, 3.63) is 35.9 Å². The van der Waals surface area contributed by atoms with Crippen LogP contribution in [0.1, 0.15) is 18.4 Å². The molecule has 0 saturated carbocycles. The molecule has 0 unspecified atom stereocenters. The second-order valence-electron chi connectivity index (χ2n) is 5.79. The van der Waals surface area contributed by atoms with E-state index in [1.807, 2.05) is 0 Å². The summed E-state index contributed by atoms with van der Waals surface area (Å²) < 4.78 is 0. The summed E-state index contributed by atoms with van der Waals surface area (Å²) in [4.78, 5) is 0. The van der Waals surface area contributed by atoms with Crippen molar-refractivity contribution in [2.75, 3.05) is 39.3 Å². The first kappa shape index (κ1) is 13.1. The number of rotatable bonds is 3. The molecule has 2 aliphatic heterocycles. The average molecular weight is 259 g/mol. The van der Waals surface area contributed by atoms with Crippen molar-refractivity contribution in [3.63, 3.8) is 0 Å². The van der Waals surface area contributed by atoms with Crippen LogP contribution in [0, 0.1) is 5.92 Å². The van der Waals surface area contributed by atoms with Crippen LogP contribution in [0.3, 0.4) is 0 Å². The Labute approximate surface area is 116 Å². The molecule has 0 aromatic heterocycles. The number of hydrazine groups is 1. The Morgan fingerprint density at radius 1 is 0.895 bits per heavy atom. The Kier molecular flexibility index (Phi) is 4.49. The lowest BCUT2D eigenvalue weighted by Gasteiger charge is -2.41. The smallest absolute Gasteiger partial charge is 0.0259 e. The SMILES string of the molecule is c1ccc(CC2CCN(N3CCNCC3)CC2)cc1. The summed E-state index contributed by atoms with van der Waals surface area (Å²) in [6.07, 6.45) is 3.95. The van der Waals surface area contributed by atoms with Gasteiger partial charge in [-0.05, 0) is 30.7 Å². The topological polar surface area (TPSA) is 18.5 Å². The molecule has 0 atom stereocenters. The third-order valence-electron chi connectivity index (χ3n) is 4.45. The maximum atomic E-state index is 3.43. The zero-order valence-corrected chi connectivity index (χ0v) is 11.7. The van der Waals surface area contributed by atoms with E-state index in [1.165, 1.54) is 51.0 Å². The lowest BCUT2D eigenvalue weighted by molar-refractivity contribution is -0.0563. The predicted molar refractivity (Wildman–Crippen MR) is 78.9 cm³/mol. The molecule has 0 bridgehead atoms. The summed E-state index contributed by atoms with van der Waals surface area (Å²) in [5.74, 6) is 0.876. The highest BCUT2D eigenvalue weighted by molar-refractivity contribution is 5.15. The summed E-state index contributed by atoms with van der Waals surface area (Å²) in [5, 5.41) is 8.56. The summed E-state index contributed by atoms with van der Waals surface area (Å²) in [6.45, 7) is 7.15. The molecule has 2 aliphatic rings. The normalized spacial score (nSPS) is 23.6. The Balaban J connectivity index is 1.46. The van der Waals surface area contributed by atoms with Crippen LogP contribution in [0.5, 0.6) is 0 Å². The van der Waals surface area contributed by atoms with Gasteiger partial charge in [0.2, 0.25) is 0 Å². The van der Waals surface area contributed by atoms with Gasteiger partial charge in [-0.3, -0.25) is 0 Å². The maximum Gasteiger partial charge on any atom is 0.0259 e. The molecule has 2 heterocycles. The van der Waals surface area contributed by atoms with Gasteiger partial charge in [-0.1, -0.05) is 30.3 Å². The van der Waals surface area contributed by atoms with Crippen molar-refractivity contribution >= 4 is 0 Å². The van der Waals surface area contributed by atoms with Gasteiger partial charge in [-0.2, -0.15) is 0 Å². The van der Waals surface area contributed by atoms with Crippen molar-refractivity contribution < 1.29 is 0 Å². The lowest BCUT2D eigenvalue weighted by atomic mass is 9.91. The van der Waals surface area contributed by atoms with Crippen LogP contribution < -0.4 is 5.32 Å². The Hall–Kier alpha value is -0.900. The van der Waals surface area contributed by atoms with Crippen molar-refractivity contribution in [2.45, 2.75) is 19.3 Å². The van der Waals surface area contributed by atoms with E-state index < -0.39 is 0 Å². The Bertz CT molecular complexity index is 365. The molecule has 3 nitrogen and oxygen atoms in total. The lowest BCUT2D eigenvalue weighted by Crippen LogP contribution is -2.54. The summed E-state index contributed by atoms with van der Waals surface area (Å²) >= 11 is 0. The summed E-state index contributed by atoms with van der Waals surface area (Å²) in [7, 11) is 0. The van der Waals surface area contributed by atoms with Gasteiger partial charge < -0.3 is 5.32 Å². The van der Waals surface area contributed by atoms with Crippen LogP contribution in [0.15, 0.2) is 30.3 Å². The fraction of sp³-hybridized carbons (Fsp3) is 0.625. The van der Waals surface area contributed by atoms with Crippen LogP contribution in [-0.2, 0) is 6.42 Å². The van der Waals surface area contributed by atoms with E-state index in [2.05, 4.69) is 45.7 Å². The maximum absolute atomic E-state index is 3.43. The third-order valence-corrected chi connectivity index (χ3v) is 4.45. The number of piperazine rings is 1. The molecule has 1 aromatic carbocycles. The van der Waals surface area contributed by atoms with Gasteiger partial charge in [0.25, 0.3) is 0 Å². The third kappa shape index (κ3) is 3.56. The van der Waals surface area contributed by atoms with Crippen molar-refractivity contribution in [1.82, 2.24) is 15.3 Å². The molecule has 0 aliphatic carbocycles. The van der Waals surface area contributed by atoms with Gasteiger partial charge in [0.05, 0.1) is 0 Å².